The Bertz CT molecular complexity index is 825. The van der Waals surface area contributed by atoms with Crippen LogP contribution in [0.5, 0.6) is 0 Å². The maximum atomic E-state index is 11.0. The number of aromatic nitrogens is 1. The van der Waals surface area contributed by atoms with Crippen molar-refractivity contribution in [2.45, 2.75) is 13.8 Å². The van der Waals surface area contributed by atoms with Gasteiger partial charge in [0, 0.05) is 35.6 Å². The van der Waals surface area contributed by atoms with Crippen molar-refractivity contribution in [3.8, 4) is 0 Å². The van der Waals surface area contributed by atoms with Gasteiger partial charge in [-0.3, -0.25) is 9.78 Å². The molecular formula is C18H17N3O. The predicted octanol–water partition coefficient (Wildman–Crippen LogP) is 4.25. The lowest BCUT2D eigenvalue weighted by Gasteiger charge is -2.11. The first-order chi connectivity index (χ1) is 10.6. The van der Waals surface area contributed by atoms with Crippen molar-refractivity contribution in [2.24, 2.45) is 0 Å². The Morgan fingerprint density at radius 3 is 2.45 bits per heavy atom. The summed E-state index contributed by atoms with van der Waals surface area (Å²) in [5.74, 6) is -0.0729. The molecule has 4 heteroatoms. The lowest BCUT2D eigenvalue weighted by atomic mass is 10.1. The molecule has 1 heterocycles. The number of carbonyl (C=O) groups excluding carboxylic acids is 1. The van der Waals surface area contributed by atoms with Crippen LogP contribution in [0.15, 0.2) is 54.7 Å². The van der Waals surface area contributed by atoms with Gasteiger partial charge in [0.05, 0.1) is 5.52 Å². The average Bonchev–Trinajstić information content (AvgIpc) is 2.50. The van der Waals surface area contributed by atoms with Gasteiger partial charge < -0.3 is 10.6 Å². The van der Waals surface area contributed by atoms with Crippen LogP contribution in [0.3, 0.4) is 0 Å². The van der Waals surface area contributed by atoms with Gasteiger partial charge in [-0.05, 0) is 42.8 Å². The van der Waals surface area contributed by atoms with Crippen LogP contribution >= 0.6 is 0 Å². The maximum absolute atomic E-state index is 11.0. The van der Waals surface area contributed by atoms with Crippen molar-refractivity contribution in [3.63, 3.8) is 0 Å². The molecule has 0 aliphatic heterocycles. The fourth-order valence-electron chi connectivity index (χ4n) is 2.43. The van der Waals surface area contributed by atoms with E-state index in [-0.39, 0.29) is 5.91 Å². The molecule has 1 aromatic heterocycles. The molecule has 2 aromatic carbocycles. The molecule has 0 spiro atoms. The van der Waals surface area contributed by atoms with Crippen LogP contribution in [0, 0.1) is 6.92 Å². The molecule has 0 saturated heterocycles. The molecule has 0 aliphatic rings. The van der Waals surface area contributed by atoms with E-state index in [1.807, 2.05) is 42.6 Å². The first kappa shape index (κ1) is 14.1. The number of anilines is 3. The molecule has 1 amide bonds. The van der Waals surface area contributed by atoms with E-state index < -0.39 is 0 Å². The Labute approximate surface area is 129 Å². The Morgan fingerprint density at radius 1 is 1.00 bits per heavy atom. The topological polar surface area (TPSA) is 54.0 Å². The highest BCUT2D eigenvalue weighted by Gasteiger charge is 2.04. The number of fused-ring (bicyclic) bond motifs is 1. The van der Waals surface area contributed by atoms with Gasteiger partial charge in [-0.2, -0.15) is 0 Å². The quantitative estimate of drug-likeness (QED) is 0.758. The summed E-state index contributed by atoms with van der Waals surface area (Å²) in [7, 11) is 0. The molecule has 0 aliphatic carbocycles. The van der Waals surface area contributed by atoms with Crippen molar-refractivity contribution in [3.05, 3.63) is 60.3 Å². The monoisotopic (exact) mass is 291 g/mol. The van der Waals surface area contributed by atoms with Gasteiger partial charge in [-0.25, -0.2) is 0 Å². The van der Waals surface area contributed by atoms with E-state index >= 15 is 0 Å². The molecule has 3 rings (SSSR count). The number of amides is 1. The zero-order valence-electron chi connectivity index (χ0n) is 12.6. The van der Waals surface area contributed by atoms with Crippen LogP contribution in [-0.2, 0) is 4.79 Å². The molecule has 0 saturated carbocycles. The Morgan fingerprint density at radius 2 is 1.73 bits per heavy atom. The Hall–Kier alpha value is -2.88. The molecule has 110 valence electrons. The first-order valence-electron chi connectivity index (χ1n) is 7.12. The van der Waals surface area contributed by atoms with Crippen molar-refractivity contribution < 1.29 is 4.79 Å². The van der Waals surface area contributed by atoms with Gasteiger partial charge in [-0.1, -0.05) is 18.2 Å². The van der Waals surface area contributed by atoms with Crippen LogP contribution in [-0.4, -0.2) is 10.9 Å². The van der Waals surface area contributed by atoms with E-state index in [1.165, 1.54) is 6.92 Å². The minimum Gasteiger partial charge on any atom is -0.355 e. The number of carbonyl (C=O) groups is 1. The van der Waals surface area contributed by atoms with E-state index in [0.717, 1.165) is 33.5 Å². The van der Waals surface area contributed by atoms with Gasteiger partial charge >= 0.3 is 0 Å². The average molecular weight is 291 g/mol. The number of hydrogen-bond donors (Lipinski definition) is 2. The summed E-state index contributed by atoms with van der Waals surface area (Å²) in [6.07, 6.45) is 1.81. The Balaban J connectivity index is 1.90. The molecule has 22 heavy (non-hydrogen) atoms. The molecular weight excluding hydrogens is 274 g/mol. The summed E-state index contributed by atoms with van der Waals surface area (Å²) in [4.78, 5) is 15.5. The highest BCUT2D eigenvalue weighted by Crippen LogP contribution is 2.27. The van der Waals surface area contributed by atoms with Gasteiger partial charge in [0.2, 0.25) is 5.91 Å². The number of para-hydroxylation sites is 1. The third kappa shape index (κ3) is 2.91. The number of aryl methyl sites for hydroxylation is 1. The molecule has 3 aromatic rings. The molecule has 0 bridgehead atoms. The number of nitrogens with one attached hydrogen (secondary N) is 2. The van der Waals surface area contributed by atoms with E-state index in [4.69, 9.17) is 0 Å². The normalized spacial score (nSPS) is 10.5. The highest BCUT2D eigenvalue weighted by atomic mass is 16.1. The molecule has 0 fully saturated rings. The predicted molar refractivity (Wildman–Crippen MR) is 90.5 cm³/mol. The summed E-state index contributed by atoms with van der Waals surface area (Å²) in [5.41, 5.74) is 4.92. The van der Waals surface area contributed by atoms with Crippen molar-refractivity contribution in [2.75, 3.05) is 10.6 Å². The second-order valence-corrected chi connectivity index (χ2v) is 5.21. The zero-order valence-corrected chi connectivity index (χ0v) is 12.6. The van der Waals surface area contributed by atoms with Crippen LogP contribution in [0.25, 0.3) is 10.9 Å². The highest BCUT2D eigenvalue weighted by molar-refractivity contribution is 5.94. The van der Waals surface area contributed by atoms with Crippen LogP contribution in [0.1, 0.15) is 12.5 Å². The minimum absolute atomic E-state index is 0.0729. The van der Waals surface area contributed by atoms with E-state index in [2.05, 4.69) is 34.7 Å². The van der Waals surface area contributed by atoms with Gasteiger partial charge in [0.1, 0.15) is 0 Å². The number of nitrogens with zero attached hydrogens (tertiary/aromatic N) is 1. The smallest absolute Gasteiger partial charge is 0.221 e. The molecule has 0 unspecified atom stereocenters. The lowest BCUT2D eigenvalue weighted by molar-refractivity contribution is -0.114. The molecule has 0 radical (unpaired) electrons. The van der Waals surface area contributed by atoms with Gasteiger partial charge in [0.25, 0.3) is 0 Å². The fourth-order valence-corrected chi connectivity index (χ4v) is 2.43. The zero-order chi connectivity index (χ0) is 15.5. The SMILES string of the molecule is CC(=O)Nc1ccc(Nc2ccnc3c(C)cccc23)cc1. The number of hydrogen-bond acceptors (Lipinski definition) is 3. The number of rotatable bonds is 3. The summed E-state index contributed by atoms with van der Waals surface area (Å²) in [6, 6.07) is 15.7. The van der Waals surface area contributed by atoms with E-state index in [1.54, 1.807) is 0 Å². The van der Waals surface area contributed by atoms with Crippen molar-refractivity contribution >= 4 is 33.9 Å². The van der Waals surface area contributed by atoms with Crippen molar-refractivity contribution in [1.29, 1.82) is 0 Å². The third-order valence-corrected chi connectivity index (χ3v) is 3.46. The Kier molecular flexibility index (Phi) is 3.74. The fraction of sp³-hybridized carbons (Fsp3) is 0.111. The van der Waals surface area contributed by atoms with Gasteiger partial charge in [-0.15, -0.1) is 0 Å². The standard InChI is InChI=1S/C18H17N3O/c1-12-4-3-5-16-17(10-11-19-18(12)16)21-15-8-6-14(7-9-15)20-13(2)22/h3-11H,1-2H3,(H,19,21)(H,20,22). The van der Waals surface area contributed by atoms with Gasteiger partial charge in [0.15, 0.2) is 0 Å². The molecule has 2 N–H and O–H groups in total. The maximum Gasteiger partial charge on any atom is 0.221 e. The van der Waals surface area contributed by atoms with Crippen LogP contribution < -0.4 is 10.6 Å². The number of pyridine rings is 1. The summed E-state index contributed by atoms with van der Waals surface area (Å²) in [5, 5.41) is 7.25. The lowest BCUT2D eigenvalue weighted by Crippen LogP contribution is -2.05. The second kappa shape index (κ2) is 5.85. The molecule has 4 nitrogen and oxygen atoms in total. The summed E-state index contributed by atoms with van der Waals surface area (Å²) in [6.45, 7) is 3.55. The summed E-state index contributed by atoms with van der Waals surface area (Å²) < 4.78 is 0. The summed E-state index contributed by atoms with van der Waals surface area (Å²) >= 11 is 0. The van der Waals surface area contributed by atoms with Crippen LogP contribution in [0.4, 0.5) is 17.1 Å². The van der Waals surface area contributed by atoms with Crippen LogP contribution in [0.2, 0.25) is 0 Å². The second-order valence-electron chi connectivity index (χ2n) is 5.21. The van der Waals surface area contributed by atoms with E-state index in [0.29, 0.717) is 0 Å². The first-order valence-corrected chi connectivity index (χ1v) is 7.12. The molecule has 0 atom stereocenters. The van der Waals surface area contributed by atoms with E-state index in [9.17, 15) is 4.79 Å². The minimum atomic E-state index is -0.0729. The number of benzene rings is 2. The van der Waals surface area contributed by atoms with Crippen molar-refractivity contribution in [1.82, 2.24) is 4.98 Å². The largest absolute Gasteiger partial charge is 0.355 e. The third-order valence-electron chi connectivity index (χ3n) is 3.46.